The first-order valence-electron chi connectivity index (χ1n) is 8.74. The summed E-state index contributed by atoms with van der Waals surface area (Å²) in [5, 5.41) is 0.558. The van der Waals surface area contributed by atoms with Gasteiger partial charge in [0.1, 0.15) is 5.82 Å². The number of fused-ring (bicyclic) bond motifs is 1. The van der Waals surface area contributed by atoms with Crippen LogP contribution in [0.3, 0.4) is 0 Å². The first-order valence-corrected chi connectivity index (χ1v) is 9.73. The third-order valence-electron chi connectivity index (χ3n) is 4.30. The van der Waals surface area contributed by atoms with Crippen LogP contribution in [-0.4, -0.2) is 19.5 Å². The lowest BCUT2D eigenvalue weighted by Crippen LogP contribution is -2.25. The minimum absolute atomic E-state index is 0.222. The molecule has 0 spiro atoms. The highest BCUT2D eigenvalue weighted by molar-refractivity contribution is 7.98. The van der Waals surface area contributed by atoms with E-state index < -0.39 is 0 Å². The van der Waals surface area contributed by atoms with Crippen molar-refractivity contribution in [3.8, 4) is 0 Å². The zero-order valence-electron chi connectivity index (χ0n) is 15.2. The fourth-order valence-corrected chi connectivity index (χ4v) is 3.73. The molecular weight excluding hydrogens is 375 g/mol. The maximum Gasteiger partial charge on any atom is 0.282 e. The number of halogens is 1. The third-order valence-corrected chi connectivity index (χ3v) is 5.35. The van der Waals surface area contributed by atoms with E-state index in [1.165, 1.54) is 36.3 Å². The molecule has 0 atom stereocenters. The fourth-order valence-electron chi connectivity index (χ4n) is 2.78. The van der Waals surface area contributed by atoms with Crippen LogP contribution in [0.4, 0.5) is 4.39 Å². The molecule has 28 heavy (non-hydrogen) atoms. The van der Waals surface area contributed by atoms with Gasteiger partial charge in [-0.25, -0.2) is 19.3 Å². The number of hydrogen-bond donors (Lipinski definition) is 0. The molecule has 5 nitrogen and oxygen atoms in total. The van der Waals surface area contributed by atoms with Gasteiger partial charge >= 0.3 is 0 Å². The summed E-state index contributed by atoms with van der Waals surface area (Å²) in [6, 6.07) is 14.3. The Kier molecular flexibility index (Phi) is 5.16. The Morgan fingerprint density at radius 1 is 0.964 bits per heavy atom. The van der Waals surface area contributed by atoms with Crippen molar-refractivity contribution in [1.29, 1.82) is 0 Å². The quantitative estimate of drug-likeness (QED) is 0.380. The molecule has 0 saturated carbocycles. The normalized spacial score (nSPS) is 11.1. The van der Waals surface area contributed by atoms with Gasteiger partial charge in [-0.1, -0.05) is 53.7 Å². The lowest BCUT2D eigenvalue weighted by molar-refractivity contribution is 0.627. The second-order valence-corrected chi connectivity index (χ2v) is 7.36. The van der Waals surface area contributed by atoms with Crippen LogP contribution in [0.25, 0.3) is 11.2 Å². The van der Waals surface area contributed by atoms with E-state index in [1.54, 1.807) is 16.7 Å². The number of thioether (sulfide) groups is 1. The molecule has 2 heterocycles. The molecule has 2 aromatic heterocycles. The molecule has 140 valence electrons. The second-order valence-electron chi connectivity index (χ2n) is 6.41. The number of nitrogens with zero attached hydrogens (tertiary/aromatic N) is 4. The molecule has 0 bridgehead atoms. The van der Waals surface area contributed by atoms with Crippen molar-refractivity contribution in [1.82, 2.24) is 19.5 Å². The van der Waals surface area contributed by atoms with Gasteiger partial charge in [-0.2, -0.15) is 0 Å². The van der Waals surface area contributed by atoms with Gasteiger partial charge < -0.3 is 0 Å². The molecule has 0 saturated heterocycles. The van der Waals surface area contributed by atoms with Crippen molar-refractivity contribution in [2.75, 3.05) is 0 Å². The van der Waals surface area contributed by atoms with Crippen molar-refractivity contribution in [2.45, 2.75) is 24.4 Å². The highest BCUT2D eigenvalue weighted by Crippen LogP contribution is 2.22. The van der Waals surface area contributed by atoms with Crippen LogP contribution in [0.5, 0.6) is 0 Å². The maximum absolute atomic E-state index is 13.1. The van der Waals surface area contributed by atoms with E-state index in [4.69, 9.17) is 0 Å². The first kappa shape index (κ1) is 18.3. The number of benzene rings is 2. The van der Waals surface area contributed by atoms with E-state index in [2.05, 4.69) is 15.0 Å². The topological polar surface area (TPSA) is 60.7 Å². The molecule has 0 radical (unpaired) electrons. The molecule has 0 aliphatic rings. The Morgan fingerprint density at radius 2 is 1.64 bits per heavy atom. The van der Waals surface area contributed by atoms with Gasteiger partial charge in [0.15, 0.2) is 16.3 Å². The van der Waals surface area contributed by atoms with E-state index in [0.29, 0.717) is 23.1 Å². The molecule has 0 amide bonds. The van der Waals surface area contributed by atoms with E-state index in [9.17, 15) is 9.18 Å². The number of aryl methyl sites for hydroxylation is 1. The van der Waals surface area contributed by atoms with Gasteiger partial charge in [-0.3, -0.25) is 9.36 Å². The summed E-state index contributed by atoms with van der Waals surface area (Å²) in [5.74, 6) is 0.288. The highest BCUT2D eigenvalue weighted by Gasteiger charge is 2.14. The molecule has 0 N–H and O–H groups in total. The van der Waals surface area contributed by atoms with E-state index >= 15 is 0 Å². The molecule has 4 aromatic rings. The Labute approximate surface area is 165 Å². The Balaban J connectivity index is 1.73. The molecule has 2 aromatic carbocycles. The third kappa shape index (κ3) is 3.94. The summed E-state index contributed by atoms with van der Waals surface area (Å²) in [7, 11) is 0. The van der Waals surface area contributed by atoms with Crippen molar-refractivity contribution in [3.05, 3.63) is 93.8 Å². The second kappa shape index (κ2) is 7.90. The smallest absolute Gasteiger partial charge is 0.281 e. The standard InChI is InChI=1S/C21H17FN4OS/c1-14-2-4-15(5-3-14)12-26-20(27)18-19(24-11-10-23-18)25-21(26)28-13-16-6-8-17(22)9-7-16/h2-11H,12-13H2,1H3. The van der Waals surface area contributed by atoms with Crippen LogP contribution in [0.2, 0.25) is 0 Å². The minimum atomic E-state index is -0.274. The Bertz CT molecular complexity index is 1170. The predicted octanol–water partition coefficient (Wildman–Crippen LogP) is 3.97. The van der Waals surface area contributed by atoms with Crippen LogP contribution in [-0.2, 0) is 12.3 Å². The summed E-state index contributed by atoms with van der Waals surface area (Å²) < 4.78 is 14.8. The molecule has 7 heteroatoms. The SMILES string of the molecule is Cc1ccc(Cn2c(SCc3ccc(F)cc3)nc3nccnc3c2=O)cc1. The molecule has 0 unspecified atom stereocenters. The summed E-state index contributed by atoms with van der Waals surface area (Å²) in [6.07, 6.45) is 3.01. The maximum atomic E-state index is 13.1. The minimum Gasteiger partial charge on any atom is -0.281 e. The van der Waals surface area contributed by atoms with Gasteiger partial charge in [-0.15, -0.1) is 0 Å². The zero-order chi connectivity index (χ0) is 19.5. The van der Waals surface area contributed by atoms with E-state index in [-0.39, 0.29) is 16.9 Å². The van der Waals surface area contributed by atoms with Gasteiger partial charge in [0.2, 0.25) is 0 Å². The molecular formula is C21H17FN4OS. The van der Waals surface area contributed by atoms with Crippen LogP contribution in [0.15, 0.2) is 70.9 Å². The number of aromatic nitrogens is 4. The Hall–Kier alpha value is -3.06. The van der Waals surface area contributed by atoms with Crippen molar-refractivity contribution < 1.29 is 4.39 Å². The molecule has 0 aliphatic carbocycles. The fraction of sp³-hybridized carbons (Fsp3) is 0.143. The molecule has 0 fully saturated rings. The van der Waals surface area contributed by atoms with Crippen LogP contribution >= 0.6 is 11.8 Å². The number of rotatable bonds is 5. The van der Waals surface area contributed by atoms with Gasteiger partial charge in [0.25, 0.3) is 5.56 Å². The summed E-state index contributed by atoms with van der Waals surface area (Å²) in [4.78, 5) is 25.9. The number of hydrogen-bond acceptors (Lipinski definition) is 5. The predicted molar refractivity (Wildman–Crippen MR) is 108 cm³/mol. The largest absolute Gasteiger partial charge is 0.282 e. The van der Waals surface area contributed by atoms with E-state index in [0.717, 1.165) is 16.7 Å². The van der Waals surface area contributed by atoms with Crippen LogP contribution in [0.1, 0.15) is 16.7 Å². The van der Waals surface area contributed by atoms with Crippen LogP contribution < -0.4 is 5.56 Å². The van der Waals surface area contributed by atoms with E-state index in [1.807, 2.05) is 31.2 Å². The summed E-state index contributed by atoms with van der Waals surface area (Å²) in [5.41, 5.74) is 3.46. The average Bonchev–Trinajstić information content (AvgIpc) is 2.71. The van der Waals surface area contributed by atoms with Crippen molar-refractivity contribution in [2.24, 2.45) is 0 Å². The summed E-state index contributed by atoms with van der Waals surface area (Å²) in [6.45, 7) is 2.41. The van der Waals surface area contributed by atoms with Crippen LogP contribution in [0, 0.1) is 12.7 Å². The monoisotopic (exact) mass is 392 g/mol. The zero-order valence-corrected chi connectivity index (χ0v) is 16.0. The molecule has 0 aliphatic heterocycles. The molecule has 4 rings (SSSR count). The van der Waals surface area contributed by atoms with Crippen molar-refractivity contribution >= 4 is 22.9 Å². The van der Waals surface area contributed by atoms with Gasteiger partial charge in [0.05, 0.1) is 6.54 Å². The Morgan fingerprint density at radius 3 is 2.39 bits per heavy atom. The average molecular weight is 392 g/mol. The van der Waals surface area contributed by atoms with Gasteiger partial charge in [0, 0.05) is 18.1 Å². The lowest BCUT2D eigenvalue weighted by Gasteiger charge is -2.13. The lowest BCUT2D eigenvalue weighted by atomic mass is 10.1. The summed E-state index contributed by atoms with van der Waals surface area (Å²) >= 11 is 1.42. The van der Waals surface area contributed by atoms with Gasteiger partial charge in [-0.05, 0) is 30.2 Å². The first-order chi connectivity index (χ1) is 13.6. The highest BCUT2D eigenvalue weighted by atomic mass is 32.2. The van der Waals surface area contributed by atoms with Crippen molar-refractivity contribution in [3.63, 3.8) is 0 Å².